The highest BCUT2D eigenvalue weighted by atomic mass is 32.2. The van der Waals surface area contributed by atoms with Gasteiger partial charge in [-0.3, -0.25) is 0 Å². The Kier molecular flexibility index (Phi) is 4.72. The third-order valence-electron chi connectivity index (χ3n) is 5.11. The maximum Gasteiger partial charge on any atom is 0.0198 e. The van der Waals surface area contributed by atoms with Gasteiger partial charge in [0, 0.05) is 17.3 Å². The van der Waals surface area contributed by atoms with Crippen molar-refractivity contribution in [3.63, 3.8) is 0 Å². The summed E-state index contributed by atoms with van der Waals surface area (Å²) < 4.78 is 0. The molecule has 0 aromatic heterocycles. The van der Waals surface area contributed by atoms with Crippen molar-refractivity contribution in [3.05, 3.63) is 35.4 Å². The fourth-order valence-corrected chi connectivity index (χ4v) is 4.77. The molecule has 3 rings (SSSR count). The zero-order valence-corrected chi connectivity index (χ0v) is 13.6. The van der Waals surface area contributed by atoms with Crippen LogP contribution in [0.5, 0.6) is 0 Å². The predicted molar refractivity (Wildman–Crippen MR) is 89.6 cm³/mol. The Morgan fingerprint density at radius 1 is 1.15 bits per heavy atom. The Morgan fingerprint density at radius 3 is 2.70 bits per heavy atom. The number of rotatable bonds is 4. The van der Waals surface area contributed by atoms with Crippen LogP contribution in [0.15, 0.2) is 24.3 Å². The molecule has 1 aromatic rings. The van der Waals surface area contributed by atoms with E-state index in [2.05, 4.69) is 54.5 Å². The first kappa shape index (κ1) is 14.5. The van der Waals surface area contributed by atoms with Gasteiger partial charge in [-0.25, -0.2) is 0 Å². The first-order valence-corrected chi connectivity index (χ1v) is 9.40. The summed E-state index contributed by atoms with van der Waals surface area (Å²) in [4.78, 5) is 0. The van der Waals surface area contributed by atoms with Crippen LogP contribution in [0.2, 0.25) is 0 Å². The second kappa shape index (κ2) is 6.53. The average molecular weight is 289 g/mol. The van der Waals surface area contributed by atoms with Crippen LogP contribution in [-0.2, 0) is 0 Å². The molecule has 110 valence electrons. The Hall–Kier alpha value is -0.470. The normalized spacial score (nSPS) is 33.7. The van der Waals surface area contributed by atoms with Crippen molar-refractivity contribution in [1.82, 2.24) is 5.32 Å². The summed E-state index contributed by atoms with van der Waals surface area (Å²) in [6, 6.07) is 10.6. The van der Waals surface area contributed by atoms with Gasteiger partial charge >= 0.3 is 0 Å². The molecule has 0 heterocycles. The lowest BCUT2D eigenvalue weighted by Crippen LogP contribution is -2.50. The van der Waals surface area contributed by atoms with Crippen LogP contribution in [0, 0.1) is 6.92 Å². The first-order valence-electron chi connectivity index (χ1n) is 8.11. The molecule has 0 radical (unpaired) electrons. The maximum absolute atomic E-state index is 3.95. The second-order valence-electron chi connectivity index (χ2n) is 6.61. The summed E-state index contributed by atoms with van der Waals surface area (Å²) in [5.74, 6) is 0.795. The van der Waals surface area contributed by atoms with Gasteiger partial charge < -0.3 is 5.32 Å². The highest BCUT2D eigenvalue weighted by Gasteiger charge is 2.34. The van der Waals surface area contributed by atoms with Gasteiger partial charge in [-0.1, -0.05) is 42.7 Å². The van der Waals surface area contributed by atoms with Gasteiger partial charge in [0.25, 0.3) is 0 Å². The van der Waals surface area contributed by atoms with E-state index in [4.69, 9.17) is 0 Å². The van der Waals surface area contributed by atoms with Crippen LogP contribution < -0.4 is 5.32 Å². The van der Waals surface area contributed by atoms with E-state index in [0.717, 1.165) is 23.3 Å². The van der Waals surface area contributed by atoms with Crippen molar-refractivity contribution >= 4 is 11.8 Å². The van der Waals surface area contributed by atoms with Crippen molar-refractivity contribution in [3.8, 4) is 0 Å². The van der Waals surface area contributed by atoms with Gasteiger partial charge in [-0.2, -0.15) is 11.8 Å². The molecule has 1 aromatic carbocycles. The lowest BCUT2D eigenvalue weighted by atomic mass is 9.75. The van der Waals surface area contributed by atoms with Gasteiger partial charge in [0.2, 0.25) is 0 Å². The monoisotopic (exact) mass is 289 g/mol. The van der Waals surface area contributed by atoms with Crippen molar-refractivity contribution < 1.29 is 0 Å². The minimum Gasteiger partial charge on any atom is -0.310 e. The molecule has 2 aliphatic rings. The third kappa shape index (κ3) is 3.23. The molecule has 2 unspecified atom stereocenters. The number of hydrogen-bond donors (Lipinski definition) is 1. The van der Waals surface area contributed by atoms with Gasteiger partial charge in [0.1, 0.15) is 0 Å². The highest BCUT2D eigenvalue weighted by Crippen LogP contribution is 2.38. The zero-order chi connectivity index (χ0) is 13.9. The molecule has 0 saturated heterocycles. The Labute approximate surface area is 127 Å². The van der Waals surface area contributed by atoms with E-state index in [1.807, 2.05) is 0 Å². The topological polar surface area (TPSA) is 12.0 Å². The molecule has 2 heteroatoms. The summed E-state index contributed by atoms with van der Waals surface area (Å²) in [6.07, 6.45) is 10.6. The van der Waals surface area contributed by atoms with Crippen molar-refractivity contribution in [2.24, 2.45) is 0 Å². The van der Waals surface area contributed by atoms with Crippen molar-refractivity contribution in [1.29, 1.82) is 0 Å². The first-order chi connectivity index (χ1) is 9.76. The van der Waals surface area contributed by atoms with Crippen molar-refractivity contribution in [2.75, 3.05) is 6.26 Å². The van der Waals surface area contributed by atoms with Crippen LogP contribution in [0.3, 0.4) is 0 Å². The highest BCUT2D eigenvalue weighted by molar-refractivity contribution is 7.99. The smallest absolute Gasteiger partial charge is 0.0198 e. The third-order valence-corrected chi connectivity index (χ3v) is 6.28. The fraction of sp³-hybridized carbons (Fsp3) is 0.667. The van der Waals surface area contributed by atoms with E-state index in [1.54, 1.807) is 5.56 Å². The number of aryl methyl sites for hydroxylation is 1. The average Bonchev–Trinajstić information content (AvgIpc) is 2.42. The van der Waals surface area contributed by atoms with E-state index in [1.165, 1.54) is 44.1 Å². The lowest BCUT2D eigenvalue weighted by molar-refractivity contribution is 0.242. The molecular formula is C18H27NS. The van der Waals surface area contributed by atoms with Crippen molar-refractivity contribution in [2.45, 2.75) is 68.7 Å². The Bertz CT molecular complexity index is 439. The van der Waals surface area contributed by atoms with Crippen LogP contribution in [0.25, 0.3) is 0 Å². The van der Waals surface area contributed by atoms with E-state index >= 15 is 0 Å². The standard InChI is InChI=1S/C18H27NS/c1-13-6-5-7-14(10-13)15-11-16(12-15)19-17-8-3-4-9-18(17)20-2/h5-7,10,15-19H,3-4,8-9,11-12H2,1-2H3. The zero-order valence-electron chi connectivity index (χ0n) is 12.8. The van der Waals surface area contributed by atoms with Crippen LogP contribution in [0.1, 0.15) is 55.6 Å². The SMILES string of the molecule is CSC1CCCCC1NC1CC(c2cccc(C)c2)C1. The molecule has 0 amide bonds. The van der Waals surface area contributed by atoms with Gasteiger partial charge in [-0.15, -0.1) is 0 Å². The fourth-order valence-electron chi connectivity index (χ4n) is 3.82. The minimum absolute atomic E-state index is 0.762. The molecule has 0 aliphatic heterocycles. The van der Waals surface area contributed by atoms with Crippen LogP contribution in [0.4, 0.5) is 0 Å². The van der Waals surface area contributed by atoms with Gasteiger partial charge in [0.15, 0.2) is 0 Å². The van der Waals surface area contributed by atoms with Crippen LogP contribution >= 0.6 is 11.8 Å². The van der Waals surface area contributed by atoms with Gasteiger partial charge in [-0.05, 0) is 50.3 Å². The van der Waals surface area contributed by atoms with Crippen LogP contribution in [-0.4, -0.2) is 23.6 Å². The minimum atomic E-state index is 0.762. The molecule has 1 nitrogen and oxygen atoms in total. The Morgan fingerprint density at radius 2 is 1.95 bits per heavy atom. The molecular weight excluding hydrogens is 262 g/mol. The summed E-state index contributed by atoms with van der Waals surface area (Å²) in [5.41, 5.74) is 2.95. The molecule has 1 N–H and O–H groups in total. The molecule has 2 fully saturated rings. The summed E-state index contributed by atoms with van der Waals surface area (Å²) in [6.45, 7) is 2.20. The van der Waals surface area contributed by atoms with E-state index in [0.29, 0.717) is 0 Å². The molecule has 2 aliphatic carbocycles. The molecule has 0 bridgehead atoms. The van der Waals surface area contributed by atoms with Gasteiger partial charge in [0.05, 0.1) is 0 Å². The number of hydrogen-bond acceptors (Lipinski definition) is 2. The predicted octanol–water partition coefficient (Wildman–Crippen LogP) is 4.50. The van der Waals surface area contributed by atoms with E-state index in [9.17, 15) is 0 Å². The summed E-state index contributed by atoms with van der Waals surface area (Å²) in [5, 5.41) is 4.80. The number of thioether (sulfide) groups is 1. The summed E-state index contributed by atoms with van der Waals surface area (Å²) >= 11 is 2.07. The lowest BCUT2D eigenvalue weighted by Gasteiger charge is -2.42. The summed E-state index contributed by atoms with van der Waals surface area (Å²) in [7, 11) is 0. The quantitative estimate of drug-likeness (QED) is 0.875. The molecule has 20 heavy (non-hydrogen) atoms. The number of nitrogens with one attached hydrogen (secondary N) is 1. The largest absolute Gasteiger partial charge is 0.310 e. The molecule has 2 saturated carbocycles. The second-order valence-corrected chi connectivity index (χ2v) is 7.69. The van der Waals surface area contributed by atoms with E-state index in [-0.39, 0.29) is 0 Å². The Balaban J connectivity index is 1.50. The maximum atomic E-state index is 3.95. The number of benzene rings is 1. The van der Waals surface area contributed by atoms with E-state index < -0.39 is 0 Å². The molecule has 0 spiro atoms. The molecule has 2 atom stereocenters.